The number of rotatable bonds is 7. The van der Waals surface area contributed by atoms with Crippen molar-refractivity contribution in [2.75, 3.05) is 39.5 Å². The number of nitrogens with zero attached hydrogens (tertiary/aromatic N) is 2. The highest BCUT2D eigenvalue weighted by molar-refractivity contribution is 7.88. The summed E-state index contributed by atoms with van der Waals surface area (Å²) in [5.41, 5.74) is 0. The van der Waals surface area contributed by atoms with Crippen LogP contribution in [0.3, 0.4) is 0 Å². The summed E-state index contributed by atoms with van der Waals surface area (Å²) in [6.45, 7) is 4.27. The van der Waals surface area contributed by atoms with Crippen LogP contribution in [0.4, 0.5) is 4.39 Å². The third-order valence-corrected chi connectivity index (χ3v) is 5.82. The highest BCUT2D eigenvalue weighted by Gasteiger charge is 2.24. The van der Waals surface area contributed by atoms with Crippen LogP contribution in [0.2, 0.25) is 0 Å². The standard InChI is InChI=1S/C18H29FN4O3S/c1-14(26-17-6-4-5-16(19)11-17)12-21-18(20-2)22-13-15-7-9-23(10-8-15)27(3,24)25/h4-6,11,14-15H,7-10,12-13H2,1-3H3,(H2,20,21,22). The fraction of sp³-hybridized carbons (Fsp3) is 0.611. The van der Waals surface area contributed by atoms with E-state index in [0.717, 1.165) is 19.4 Å². The van der Waals surface area contributed by atoms with Crippen molar-refractivity contribution in [2.24, 2.45) is 10.9 Å². The van der Waals surface area contributed by atoms with Crippen LogP contribution in [0.25, 0.3) is 0 Å². The Hall–Kier alpha value is -1.87. The second-order valence-corrected chi connectivity index (χ2v) is 8.81. The van der Waals surface area contributed by atoms with E-state index in [1.54, 1.807) is 19.2 Å². The maximum Gasteiger partial charge on any atom is 0.211 e. The van der Waals surface area contributed by atoms with Crippen molar-refractivity contribution in [3.05, 3.63) is 30.1 Å². The molecule has 152 valence electrons. The van der Waals surface area contributed by atoms with Crippen molar-refractivity contribution in [3.63, 3.8) is 0 Å². The van der Waals surface area contributed by atoms with Crippen LogP contribution in [0, 0.1) is 11.7 Å². The topological polar surface area (TPSA) is 83.0 Å². The summed E-state index contributed by atoms with van der Waals surface area (Å²) in [5, 5.41) is 6.47. The minimum absolute atomic E-state index is 0.164. The van der Waals surface area contributed by atoms with Gasteiger partial charge in [0.1, 0.15) is 17.7 Å². The number of hydrogen-bond donors (Lipinski definition) is 2. The van der Waals surface area contributed by atoms with E-state index in [4.69, 9.17) is 4.74 Å². The summed E-state index contributed by atoms with van der Waals surface area (Å²) >= 11 is 0. The van der Waals surface area contributed by atoms with Gasteiger partial charge >= 0.3 is 0 Å². The average Bonchev–Trinajstić information content (AvgIpc) is 2.61. The van der Waals surface area contributed by atoms with Crippen molar-refractivity contribution in [3.8, 4) is 5.75 Å². The summed E-state index contributed by atoms with van der Waals surface area (Å²) in [6.07, 6.45) is 2.75. The molecule has 9 heteroatoms. The molecule has 1 atom stereocenters. The largest absolute Gasteiger partial charge is 0.489 e. The summed E-state index contributed by atoms with van der Waals surface area (Å²) in [7, 11) is -1.40. The van der Waals surface area contributed by atoms with E-state index in [2.05, 4.69) is 15.6 Å². The quantitative estimate of drug-likeness (QED) is 0.534. The molecule has 0 aromatic heterocycles. The molecular formula is C18H29FN4O3S. The van der Waals surface area contributed by atoms with Crippen LogP contribution in [0.1, 0.15) is 19.8 Å². The number of piperidine rings is 1. The Morgan fingerprint density at radius 2 is 2.07 bits per heavy atom. The second-order valence-electron chi connectivity index (χ2n) is 6.83. The zero-order valence-electron chi connectivity index (χ0n) is 16.1. The van der Waals surface area contributed by atoms with Gasteiger partial charge in [-0.3, -0.25) is 4.99 Å². The molecule has 0 aliphatic carbocycles. The van der Waals surface area contributed by atoms with Crippen LogP contribution < -0.4 is 15.4 Å². The Balaban J connectivity index is 1.70. The van der Waals surface area contributed by atoms with Crippen molar-refractivity contribution in [1.82, 2.24) is 14.9 Å². The minimum atomic E-state index is -3.09. The summed E-state index contributed by atoms with van der Waals surface area (Å²) < 4.78 is 43.5. The number of halogens is 1. The van der Waals surface area contributed by atoms with Crippen molar-refractivity contribution < 1.29 is 17.5 Å². The zero-order chi connectivity index (χ0) is 19.9. The normalized spacial score (nSPS) is 18.1. The third kappa shape index (κ3) is 7.34. The van der Waals surface area contributed by atoms with Gasteiger partial charge in [-0.15, -0.1) is 0 Å². The number of nitrogens with one attached hydrogen (secondary N) is 2. The molecule has 1 unspecified atom stereocenters. The molecule has 0 spiro atoms. The van der Waals surface area contributed by atoms with E-state index in [0.29, 0.717) is 37.3 Å². The maximum absolute atomic E-state index is 13.2. The lowest BCUT2D eigenvalue weighted by Gasteiger charge is -2.30. The van der Waals surface area contributed by atoms with E-state index in [1.807, 2.05) is 6.92 Å². The van der Waals surface area contributed by atoms with E-state index in [9.17, 15) is 12.8 Å². The van der Waals surface area contributed by atoms with Gasteiger partial charge in [0.25, 0.3) is 0 Å². The van der Waals surface area contributed by atoms with Gasteiger partial charge in [-0.05, 0) is 37.8 Å². The zero-order valence-corrected chi connectivity index (χ0v) is 16.9. The van der Waals surface area contributed by atoms with Crippen LogP contribution in [-0.2, 0) is 10.0 Å². The molecule has 0 saturated carbocycles. The van der Waals surface area contributed by atoms with E-state index in [-0.39, 0.29) is 11.9 Å². The van der Waals surface area contributed by atoms with Gasteiger partial charge in [0, 0.05) is 32.7 Å². The summed E-state index contributed by atoms with van der Waals surface area (Å²) in [4.78, 5) is 4.19. The highest BCUT2D eigenvalue weighted by atomic mass is 32.2. The number of sulfonamides is 1. The summed E-state index contributed by atoms with van der Waals surface area (Å²) in [6, 6.07) is 6.06. The average molecular weight is 401 g/mol. The molecule has 0 radical (unpaired) electrons. The molecule has 1 aromatic rings. The lowest BCUT2D eigenvalue weighted by Crippen LogP contribution is -2.45. The van der Waals surface area contributed by atoms with Gasteiger partial charge in [0.15, 0.2) is 5.96 Å². The van der Waals surface area contributed by atoms with E-state index < -0.39 is 10.0 Å². The first kappa shape index (κ1) is 21.4. The van der Waals surface area contributed by atoms with Gasteiger partial charge in [-0.25, -0.2) is 17.1 Å². The van der Waals surface area contributed by atoms with E-state index >= 15 is 0 Å². The molecule has 1 saturated heterocycles. The fourth-order valence-electron chi connectivity index (χ4n) is 2.96. The molecule has 1 aliphatic rings. The molecule has 1 aromatic carbocycles. The Morgan fingerprint density at radius 3 is 2.67 bits per heavy atom. The van der Waals surface area contributed by atoms with Crippen LogP contribution in [0.5, 0.6) is 5.75 Å². The molecule has 1 aliphatic heterocycles. The van der Waals surface area contributed by atoms with Crippen molar-refractivity contribution in [2.45, 2.75) is 25.9 Å². The first-order chi connectivity index (χ1) is 12.8. The number of hydrogen-bond acceptors (Lipinski definition) is 4. The number of ether oxygens (including phenoxy) is 1. The SMILES string of the molecule is CN=C(NCC1CCN(S(C)(=O)=O)CC1)NCC(C)Oc1cccc(F)c1. The Labute approximate surface area is 161 Å². The highest BCUT2D eigenvalue weighted by Crippen LogP contribution is 2.18. The smallest absolute Gasteiger partial charge is 0.211 e. The minimum Gasteiger partial charge on any atom is -0.489 e. The first-order valence-electron chi connectivity index (χ1n) is 9.10. The van der Waals surface area contributed by atoms with Crippen molar-refractivity contribution >= 4 is 16.0 Å². The molecule has 1 fully saturated rings. The first-order valence-corrected chi connectivity index (χ1v) is 10.9. The lowest BCUT2D eigenvalue weighted by atomic mass is 9.98. The fourth-order valence-corrected chi connectivity index (χ4v) is 3.84. The van der Waals surface area contributed by atoms with E-state index in [1.165, 1.54) is 22.7 Å². The molecule has 27 heavy (non-hydrogen) atoms. The van der Waals surface area contributed by atoms with Crippen LogP contribution >= 0.6 is 0 Å². The van der Waals surface area contributed by atoms with Crippen LogP contribution in [0.15, 0.2) is 29.3 Å². The van der Waals surface area contributed by atoms with Gasteiger partial charge in [-0.2, -0.15) is 0 Å². The molecule has 2 rings (SSSR count). The summed E-state index contributed by atoms with van der Waals surface area (Å²) in [5.74, 6) is 1.23. The van der Waals surface area contributed by atoms with Crippen LogP contribution in [-0.4, -0.2) is 64.3 Å². The van der Waals surface area contributed by atoms with Gasteiger partial charge < -0.3 is 15.4 Å². The number of benzene rings is 1. The molecular weight excluding hydrogens is 371 g/mol. The lowest BCUT2D eigenvalue weighted by molar-refractivity contribution is 0.222. The van der Waals surface area contributed by atoms with Gasteiger partial charge in [0.2, 0.25) is 10.0 Å². The predicted octanol–water partition coefficient (Wildman–Crippen LogP) is 1.43. The Bertz CT molecular complexity index is 734. The monoisotopic (exact) mass is 400 g/mol. The molecule has 7 nitrogen and oxygen atoms in total. The molecule has 0 bridgehead atoms. The Kier molecular flexibility index (Phi) is 7.85. The van der Waals surface area contributed by atoms with Gasteiger partial charge in [-0.1, -0.05) is 6.07 Å². The number of guanidine groups is 1. The molecule has 1 heterocycles. The van der Waals surface area contributed by atoms with Gasteiger partial charge in [0.05, 0.1) is 12.8 Å². The molecule has 2 N–H and O–H groups in total. The maximum atomic E-state index is 13.2. The van der Waals surface area contributed by atoms with Crippen molar-refractivity contribution in [1.29, 1.82) is 0 Å². The Morgan fingerprint density at radius 1 is 1.37 bits per heavy atom. The third-order valence-electron chi connectivity index (χ3n) is 4.51. The predicted molar refractivity (Wildman–Crippen MR) is 105 cm³/mol. The molecule has 0 amide bonds. The second kappa shape index (κ2) is 9.89. The number of aliphatic imine (C=N–C) groups is 1.